The Hall–Kier alpha value is -1.50. The summed E-state index contributed by atoms with van der Waals surface area (Å²) in [6, 6.07) is 3.71. The van der Waals surface area contributed by atoms with Gasteiger partial charge in [-0.2, -0.15) is 13.2 Å². The van der Waals surface area contributed by atoms with E-state index in [2.05, 4.69) is 33.2 Å². The van der Waals surface area contributed by atoms with Crippen molar-refractivity contribution in [2.75, 3.05) is 5.32 Å². The molecular weight excluding hydrogens is 347 g/mol. The van der Waals surface area contributed by atoms with Gasteiger partial charge < -0.3 is 9.88 Å². The van der Waals surface area contributed by atoms with Crippen molar-refractivity contribution in [1.29, 1.82) is 0 Å². The fraction of sp³-hybridized carbons (Fsp3) is 0.357. The Morgan fingerprint density at radius 2 is 2.05 bits per heavy atom. The lowest BCUT2D eigenvalue weighted by Gasteiger charge is -2.12. The standard InChI is InChI=1S/C14H15BrF3N3/c1-2-3-5-21-6-4-19-13(21)20-12-8-10(14(16,17)18)7-11(15)9-12/h4,6-9H,2-3,5H2,1H3,(H,19,20). The molecule has 1 heterocycles. The van der Waals surface area contributed by atoms with Gasteiger partial charge in [-0.1, -0.05) is 29.3 Å². The number of hydrogen-bond donors (Lipinski definition) is 1. The Morgan fingerprint density at radius 3 is 2.71 bits per heavy atom. The Morgan fingerprint density at radius 1 is 1.29 bits per heavy atom. The summed E-state index contributed by atoms with van der Waals surface area (Å²) in [7, 11) is 0. The number of nitrogens with one attached hydrogen (secondary N) is 1. The fourth-order valence-electron chi connectivity index (χ4n) is 1.90. The van der Waals surface area contributed by atoms with Crippen molar-refractivity contribution in [3.8, 4) is 0 Å². The second-order valence-corrected chi connectivity index (χ2v) is 5.56. The molecule has 0 unspecified atom stereocenters. The van der Waals surface area contributed by atoms with E-state index in [4.69, 9.17) is 0 Å². The second kappa shape index (κ2) is 6.51. The molecule has 114 valence electrons. The Kier molecular flexibility index (Phi) is 4.92. The smallest absolute Gasteiger partial charge is 0.326 e. The lowest BCUT2D eigenvalue weighted by atomic mass is 10.2. The lowest BCUT2D eigenvalue weighted by molar-refractivity contribution is -0.137. The summed E-state index contributed by atoms with van der Waals surface area (Å²) in [5, 5.41) is 2.94. The molecule has 2 aromatic rings. The largest absolute Gasteiger partial charge is 0.416 e. The summed E-state index contributed by atoms with van der Waals surface area (Å²) >= 11 is 3.10. The number of halogens is 4. The second-order valence-electron chi connectivity index (χ2n) is 4.65. The van der Waals surface area contributed by atoms with Gasteiger partial charge in [0.1, 0.15) is 0 Å². The minimum absolute atomic E-state index is 0.348. The van der Waals surface area contributed by atoms with Crippen molar-refractivity contribution >= 4 is 27.6 Å². The number of hydrogen-bond acceptors (Lipinski definition) is 2. The molecule has 0 spiro atoms. The SMILES string of the molecule is CCCCn1ccnc1Nc1cc(Br)cc(C(F)(F)F)c1. The maximum absolute atomic E-state index is 12.8. The molecule has 2 rings (SSSR count). The van der Waals surface area contributed by atoms with Gasteiger partial charge in [-0.05, 0) is 24.6 Å². The zero-order valence-electron chi connectivity index (χ0n) is 11.4. The molecule has 1 aromatic carbocycles. The van der Waals surface area contributed by atoms with Crippen LogP contribution in [0.2, 0.25) is 0 Å². The van der Waals surface area contributed by atoms with Crippen molar-refractivity contribution in [3.63, 3.8) is 0 Å². The van der Waals surface area contributed by atoms with Gasteiger partial charge in [0.2, 0.25) is 5.95 Å². The van der Waals surface area contributed by atoms with Gasteiger partial charge in [0.05, 0.1) is 5.56 Å². The Labute approximate surface area is 129 Å². The average molecular weight is 362 g/mol. The first kappa shape index (κ1) is 15.9. The van der Waals surface area contributed by atoms with Gasteiger partial charge in [-0.3, -0.25) is 0 Å². The molecule has 21 heavy (non-hydrogen) atoms. The Bertz CT molecular complexity index is 608. The summed E-state index contributed by atoms with van der Waals surface area (Å²) in [5.41, 5.74) is -0.355. The van der Waals surface area contributed by atoms with Crippen LogP contribution in [-0.2, 0) is 12.7 Å². The molecule has 0 aliphatic carbocycles. The summed E-state index contributed by atoms with van der Waals surface area (Å²) in [5.74, 6) is 0.537. The van der Waals surface area contributed by atoms with E-state index in [1.54, 1.807) is 18.5 Å². The van der Waals surface area contributed by atoms with Crippen LogP contribution in [0.3, 0.4) is 0 Å². The lowest BCUT2D eigenvalue weighted by Crippen LogP contribution is -2.07. The molecule has 0 amide bonds. The molecule has 0 aliphatic heterocycles. The van der Waals surface area contributed by atoms with Crippen molar-refractivity contribution in [3.05, 3.63) is 40.6 Å². The third-order valence-electron chi connectivity index (χ3n) is 2.95. The van der Waals surface area contributed by atoms with Crippen LogP contribution in [-0.4, -0.2) is 9.55 Å². The first-order valence-electron chi connectivity index (χ1n) is 6.56. The topological polar surface area (TPSA) is 29.9 Å². The van der Waals surface area contributed by atoms with Crippen LogP contribution >= 0.6 is 15.9 Å². The predicted molar refractivity (Wildman–Crippen MR) is 79.6 cm³/mol. The zero-order valence-corrected chi connectivity index (χ0v) is 13.0. The van der Waals surface area contributed by atoms with Crippen LogP contribution in [0.1, 0.15) is 25.3 Å². The van der Waals surface area contributed by atoms with E-state index in [1.165, 1.54) is 0 Å². The van der Waals surface area contributed by atoms with E-state index in [0.29, 0.717) is 16.1 Å². The van der Waals surface area contributed by atoms with Crippen molar-refractivity contribution in [2.24, 2.45) is 0 Å². The molecule has 1 aromatic heterocycles. The zero-order chi connectivity index (χ0) is 15.5. The van der Waals surface area contributed by atoms with Crippen LogP contribution in [0.5, 0.6) is 0 Å². The van der Waals surface area contributed by atoms with Crippen molar-refractivity contribution in [2.45, 2.75) is 32.5 Å². The molecular formula is C14H15BrF3N3. The quantitative estimate of drug-likeness (QED) is 0.792. The molecule has 0 radical (unpaired) electrons. The van der Waals surface area contributed by atoms with Gasteiger partial charge >= 0.3 is 6.18 Å². The minimum Gasteiger partial charge on any atom is -0.326 e. The number of rotatable bonds is 5. The fourth-order valence-corrected chi connectivity index (χ4v) is 2.39. The highest BCUT2D eigenvalue weighted by Gasteiger charge is 2.31. The maximum Gasteiger partial charge on any atom is 0.416 e. The summed E-state index contributed by atoms with van der Waals surface area (Å²) in [4.78, 5) is 4.14. The van der Waals surface area contributed by atoms with E-state index in [1.807, 2.05) is 4.57 Å². The molecule has 3 nitrogen and oxygen atoms in total. The molecule has 0 atom stereocenters. The van der Waals surface area contributed by atoms with Gasteiger partial charge in [-0.25, -0.2) is 4.98 Å². The highest BCUT2D eigenvalue weighted by atomic mass is 79.9. The van der Waals surface area contributed by atoms with Crippen LogP contribution in [0.15, 0.2) is 35.1 Å². The number of benzene rings is 1. The molecule has 0 aliphatic rings. The van der Waals surface area contributed by atoms with E-state index in [-0.39, 0.29) is 0 Å². The van der Waals surface area contributed by atoms with E-state index in [0.717, 1.165) is 31.5 Å². The number of unbranched alkanes of at least 4 members (excludes halogenated alkanes) is 1. The van der Waals surface area contributed by atoms with Crippen molar-refractivity contribution in [1.82, 2.24) is 9.55 Å². The number of imidazole rings is 1. The molecule has 1 N–H and O–H groups in total. The maximum atomic E-state index is 12.8. The molecule has 0 saturated carbocycles. The van der Waals surface area contributed by atoms with Crippen LogP contribution in [0.25, 0.3) is 0 Å². The number of anilines is 2. The van der Waals surface area contributed by atoms with Crippen molar-refractivity contribution < 1.29 is 13.2 Å². The van der Waals surface area contributed by atoms with Crippen LogP contribution in [0.4, 0.5) is 24.8 Å². The first-order chi connectivity index (χ1) is 9.90. The number of aryl methyl sites for hydroxylation is 1. The highest BCUT2D eigenvalue weighted by Crippen LogP contribution is 2.34. The summed E-state index contributed by atoms with van der Waals surface area (Å²) in [6.45, 7) is 2.85. The van der Waals surface area contributed by atoms with Gasteiger partial charge in [0.15, 0.2) is 0 Å². The van der Waals surface area contributed by atoms with E-state index < -0.39 is 11.7 Å². The molecule has 7 heteroatoms. The summed E-state index contributed by atoms with van der Waals surface area (Å²) in [6.07, 6.45) is 1.07. The van der Waals surface area contributed by atoms with E-state index in [9.17, 15) is 13.2 Å². The third-order valence-corrected chi connectivity index (χ3v) is 3.41. The van der Waals surface area contributed by atoms with Crippen LogP contribution in [0, 0.1) is 0 Å². The Balaban J connectivity index is 2.24. The molecule has 0 fully saturated rings. The normalized spacial score (nSPS) is 11.7. The predicted octanol–water partition coefficient (Wildman–Crippen LogP) is 5.21. The number of aromatic nitrogens is 2. The molecule has 0 saturated heterocycles. The highest BCUT2D eigenvalue weighted by molar-refractivity contribution is 9.10. The minimum atomic E-state index is -4.38. The van der Waals surface area contributed by atoms with Gasteiger partial charge in [0.25, 0.3) is 0 Å². The van der Waals surface area contributed by atoms with E-state index >= 15 is 0 Å². The van der Waals surface area contributed by atoms with Crippen LogP contribution < -0.4 is 5.32 Å². The number of nitrogens with zero attached hydrogens (tertiary/aromatic N) is 2. The molecule has 0 bridgehead atoms. The monoisotopic (exact) mass is 361 g/mol. The van der Waals surface area contributed by atoms with Gasteiger partial charge in [-0.15, -0.1) is 0 Å². The van der Waals surface area contributed by atoms with Gasteiger partial charge in [0, 0.05) is 29.1 Å². The average Bonchev–Trinajstić information content (AvgIpc) is 2.82. The first-order valence-corrected chi connectivity index (χ1v) is 7.35. The summed E-state index contributed by atoms with van der Waals surface area (Å²) < 4.78 is 40.7. The number of alkyl halides is 3. The third kappa shape index (κ3) is 4.23.